The van der Waals surface area contributed by atoms with Gasteiger partial charge in [0.15, 0.2) is 5.78 Å². The van der Waals surface area contributed by atoms with Crippen LogP contribution in [0.2, 0.25) is 0 Å². The van der Waals surface area contributed by atoms with E-state index in [0.717, 1.165) is 0 Å². The maximum atomic E-state index is 11.6. The lowest BCUT2D eigenvalue weighted by Crippen LogP contribution is -2.17. The molecule has 2 heteroatoms. The predicted octanol–water partition coefficient (Wildman–Crippen LogP) is 3.02. The van der Waals surface area contributed by atoms with Gasteiger partial charge in [-0.1, -0.05) is 39.0 Å². The molecule has 0 atom stereocenters. The molecular formula is C13H16O2. The van der Waals surface area contributed by atoms with Gasteiger partial charge in [-0.2, -0.15) is 0 Å². The van der Waals surface area contributed by atoms with Crippen LogP contribution in [0.4, 0.5) is 0 Å². The Balaban J connectivity index is 2.84. The van der Waals surface area contributed by atoms with Crippen LogP contribution >= 0.6 is 0 Å². The molecule has 0 fully saturated rings. The van der Waals surface area contributed by atoms with Crippen LogP contribution in [0, 0.1) is 5.41 Å². The Morgan fingerprint density at radius 1 is 1.27 bits per heavy atom. The van der Waals surface area contributed by atoms with Crippen LogP contribution in [0.1, 0.15) is 26.3 Å². The van der Waals surface area contributed by atoms with E-state index in [1.165, 1.54) is 6.08 Å². The lowest BCUT2D eigenvalue weighted by Gasteiger charge is -2.12. The summed E-state index contributed by atoms with van der Waals surface area (Å²) in [6.45, 7) is 5.60. The Kier molecular flexibility index (Phi) is 3.30. The fourth-order valence-electron chi connectivity index (χ4n) is 1.04. The molecular weight excluding hydrogens is 188 g/mol. The van der Waals surface area contributed by atoms with Gasteiger partial charge < -0.3 is 5.11 Å². The normalized spacial score (nSPS) is 11.9. The summed E-state index contributed by atoms with van der Waals surface area (Å²) in [7, 11) is 0. The highest BCUT2D eigenvalue weighted by molar-refractivity contribution is 5.97. The standard InChI is InChI=1S/C13H16O2/c1-13(2,3)12(15)9-8-10-6-4-5-7-11(10)14/h4-9,14H,1-3H3. The molecule has 0 aliphatic heterocycles. The Morgan fingerprint density at radius 3 is 2.40 bits per heavy atom. The van der Waals surface area contributed by atoms with Gasteiger partial charge in [0.2, 0.25) is 0 Å². The number of hydrogen-bond acceptors (Lipinski definition) is 2. The zero-order chi connectivity index (χ0) is 11.5. The van der Waals surface area contributed by atoms with Crippen molar-refractivity contribution in [2.45, 2.75) is 20.8 Å². The van der Waals surface area contributed by atoms with E-state index in [4.69, 9.17) is 0 Å². The average molecular weight is 204 g/mol. The molecule has 0 heterocycles. The molecule has 0 saturated carbocycles. The fraction of sp³-hybridized carbons (Fsp3) is 0.308. The molecule has 0 aliphatic carbocycles. The number of rotatable bonds is 2. The molecule has 80 valence electrons. The zero-order valence-electron chi connectivity index (χ0n) is 9.32. The predicted molar refractivity (Wildman–Crippen MR) is 61.6 cm³/mol. The molecule has 2 nitrogen and oxygen atoms in total. The maximum Gasteiger partial charge on any atom is 0.161 e. The SMILES string of the molecule is CC(C)(C)C(=O)C=Cc1ccccc1O. The first-order valence-corrected chi connectivity index (χ1v) is 4.92. The van der Waals surface area contributed by atoms with Crippen molar-refractivity contribution >= 4 is 11.9 Å². The number of phenols is 1. The van der Waals surface area contributed by atoms with Gasteiger partial charge in [-0.05, 0) is 18.2 Å². The van der Waals surface area contributed by atoms with Crippen molar-refractivity contribution in [3.05, 3.63) is 35.9 Å². The van der Waals surface area contributed by atoms with Crippen molar-refractivity contribution in [3.63, 3.8) is 0 Å². The number of aromatic hydroxyl groups is 1. The first-order valence-electron chi connectivity index (χ1n) is 4.92. The highest BCUT2D eigenvalue weighted by Gasteiger charge is 2.17. The highest BCUT2D eigenvalue weighted by atomic mass is 16.3. The smallest absolute Gasteiger partial charge is 0.161 e. The highest BCUT2D eigenvalue weighted by Crippen LogP contribution is 2.19. The third-order valence-corrected chi connectivity index (χ3v) is 2.09. The summed E-state index contributed by atoms with van der Waals surface area (Å²) in [6.07, 6.45) is 3.15. The van der Waals surface area contributed by atoms with Crippen LogP contribution in [0.25, 0.3) is 6.08 Å². The Hall–Kier alpha value is -1.57. The van der Waals surface area contributed by atoms with Crippen LogP contribution in [0.15, 0.2) is 30.3 Å². The van der Waals surface area contributed by atoms with E-state index in [2.05, 4.69) is 0 Å². The fourth-order valence-corrected chi connectivity index (χ4v) is 1.04. The molecule has 0 saturated heterocycles. The van der Waals surface area contributed by atoms with Crippen molar-refractivity contribution in [1.29, 1.82) is 0 Å². The monoisotopic (exact) mass is 204 g/mol. The van der Waals surface area contributed by atoms with Gasteiger partial charge in [0.1, 0.15) is 5.75 Å². The molecule has 1 aromatic carbocycles. The minimum Gasteiger partial charge on any atom is -0.507 e. The van der Waals surface area contributed by atoms with Crippen molar-refractivity contribution in [2.24, 2.45) is 5.41 Å². The van der Waals surface area contributed by atoms with E-state index in [9.17, 15) is 9.90 Å². The molecule has 0 spiro atoms. The summed E-state index contributed by atoms with van der Waals surface area (Å²) >= 11 is 0. The Labute approximate surface area is 90.3 Å². The molecule has 0 radical (unpaired) electrons. The molecule has 1 rings (SSSR count). The summed E-state index contributed by atoms with van der Waals surface area (Å²) < 4.78 is 0. The van der Waals surface area contributed by atoms with Gasteiger partial charge >= 0.3 is 0 Å². The van der Waals surface area contributed by atoms with E-state index < -0.39 is 0 Å². The number of allylic oxidation sites excluding steroid dienone is 1. The molecule has 0 aliphatic rings. The first-order chi connectivity index (χ1) is 6.91. The molecule has 1 aromatic rings. The lowest BCUT2D eigenvalue weighted by molar-refractivity contribution is -0.121. The summed E-state index contributed by atoms with van der Waals surface area (Å²) in [4.78, 5) is 11.6. The van der Waals surface area contributed by atoms with Gasteiger partial charge in [-0.3, -0.25) is 4.79 Å². The van der Waals surface area contributed by atoms with Crippen molar-refractivity contribution in [2.75, 3.05) is 0 Å². The van der Waals surface area contributed by atoms with Crippen LogP contribution in [-0.2, 0) is 4.79 Å². The quantitative estimate of drug-likeness (QED) is 0.752. The van der Waals surface area contributed by atoms with Crippen LogP contribution in [-0.4, -0.2) is 10.9 Å². The van der Waals surface area contributed by atoms with E-state index in [-0.39, 0.29) is 16.9 Å². The molecule has 1 N–H and O–H groups in total. The lowest BCUT2D eigenvalue weighted by atomic mass is 9.90. The minimum absolute atomic E-state index is 0.0470. The number of ketones is 1. The van der Waals surface area contributed by atoms with Gasteiger partial charge in [-0.15, -0.1) is 0 Å². The van der Waals surface area contributed by atoms with Crippen LogP contribution in [0.5, 0.6) is 5.75 Å². The van der Waals surface area contributed by atoms with Crippen molar-refractivity contribution in [1.82, 2.24) is 0 Å². The second kappa shape index (κ2) is 4.30. The number of benzene rings is 1. The zero-order valence-corrected chi connectivity index (χ0v) is 9.32. The molecule has 0 bridgehead atoms. The number of para-hydroxylation sites is 1. The Bertz CT molecular complexity index is 384. The summed E-state index contributed by atoms with van der Waals surface area (Å²) in [5, 5.41) is 9.46. The third-order valence-electron chi connectivity index (χ3n) is 2.09. The number of hydrogen-bond donors (Lipinski definition) is 1. The van der Waals surface area contributed by atoms with Gasteiger partial charge in [0.05, 0.1) is 0 Å². The summed E-state index contributed by atoms with van der Waals surface area (Å²) in [5.74, 6) is 0.237. The van der Waals surface area contributed by atoms with E-state index in [1.807, 2.05) is 26.8 Å². The number of carbonyl (C=O) groups is 1. The second-order valence-electron chi connectivity index (χ2n) is 4.51. The molecule has 0 aromatic heterocycles. The van der Waals surface area contributed by atoms with E-state index >= 15 is 0 Å². The van der Waals surface area contributed by atoms with Gasteiger partial charge in [0, 0.05) is 11.0 Å². The third kappa shape index (κ3) is 3.24. The maximum absolute atomic E-state index is 11.6. The average Bonchev–Trinajstić information content (AvgIpc) is 2.14. The Morgan fingerprint density at radius 2 is 1.87 bits per heavy atom. The van der Waals surface area contributed by atoms with E-state index in [0.29, 0.717) is 5.56 Å². The number of carbonyl (C=O) groups excluding carboxylic acids is 1. The van der Waals surface area contributed by atoms with Crippen molar-refractivity contribution in [3.8, 4) is 5.75 Å². The summed E-state index contributed by atoms with van der Waals surface area (Å²) in [5.41, 5.74) is 0.288. The van der Waals surface area contributed by atoms with Crippen LogP contribution in [0.3, 0.4) is 0 Å². The molecule has 0 unspecified atom stereocenters. The minimum atomic E-state index is -0.374. The van der Waals surface area contributed by atoms with E-state index in [1.54, 1.807) is 24.3 Å². The van der Waals surface area contributed by atoms with Crippen LogP contribution < -0.4 is 0 Å². The number of phenolic OH excluding ortho intramolecular Hbond substituents is 1. The summed E-state index contributed by atoms with van der Waals surface area (Å²) in [6, 6.07) is 6.93. The first kappa shape index (κ1) is 11.5. The molecule has 15 heavy (non-hydrogen) atoms. The topological polar surface area (TPSA) is 37.3 Å². The van der Waals surface area contributed by atoms with Gasteiger partial charge in [0.25, 0.3) is 0 Å². The van der Waals surface area contributed by atoms with Gasteiger partial charge in [-0.25, -0.2) is 0 Å². The largest absolute Gasteiger partial charge is 0.507 e. The van der Waals surface area contributed by atoms with Crippen molar-refractivity contribution < 1.29 is 9.90 Å². The molecule has 0 amide bonds. The second-order valence-corrected chi connectivity index (χ2v) is 4.51.